The van der Waals surface area contributed by atoms with E-state index in [1.54, 1.807) is 39.0 Å². The van der Waals surface area contributed by atoms with Crippen molar-refractivity contribution in [2.75, 3.05) is 7.11 Å². The first-order valence-corrected chi connectivity index (χ1v) is 15.1. The summed E-state index contributed by atoms with van der Waals surface area (Å²) in [5.74, 6) is 0.0530. The van der Waals surface area contributed by atoms with Crippen molar-refractivity contribution in [3.63, 3.8) is 0 Å². The van der Waals surface area contributed by atoms with Gasteiger partial charge in [0, 0.05) is 17.5 Å². The van der Waals surface area contributed by atoms with Crippen molar-refractivity contribution in [3.8, 4) is 17.1 Å². The van der Waals surface area contributed by atoms with Gasteiger partial charge in [0.15, 0.2) is 0 Å². The van der Waals surface area contributed by atoms with Gasteiger partial charge in [-0.25, -0.2) is 8.42 Å². The van der Waals surface area contributed by atoms with E-state index in [1.165, 1.54) is 7.11 Å². The molecule has 0 saturated carbocycles. The van der Waals surface area contributed by atoms with Gasteiger partial charge in [0.2, 0.25) is 10.0 Å². The van der Waals surface area contributed by atoms with Crippen molar-refractivity contribution in [2.45, 2.75) is 44.7 Å². The minimum atomic E-state index is -4.27. The summed E-state index contributed by atoms with van der Waals surface area (Å²) in [4.78, 5) is 12.8. The first kappa shape index (κ1) is 29.1. The van der Waals surface area contributed by atoms with Gasteiger partial charge in [0.25, 0.3) is 0 Å². The monoisotopic (exact) mass is 583 g/mol. The number of para-hydroxylation sites is 1. The van der Waals surface area contributed by atoms with Gasteiger partial charge in [-0.15, -0.1) is 0 Å². The number of hydrogen-bond acceptors (Lipinski definition) is 5. The zero-order valence-corrected chi connectivity index (χ0v) is 24.8. The number of hydrogen-bond donors (Lipinski definition) is 1. The molecule has 4 aromatic carbocycles. The Hall–Kier alpha value is -4.40. The van der Waals surface area contributed by atoms with Crippen LogP contribution >= 0.6 is 0 Å². The SMILES string of the molecule is COc1cc(C)c(S(=O)(=O)N(Cc2ccc(-c3cc4ccccc4o3)cc2)[C@@H](Cc2ccccc2)C(=O)O)c(C)c1C. The molecule has 0 amide bonds. The molecule has 0 bridgehead atoms. The van der Waals surface area contributed by atoms with Crippen molar-refractivity contribution in [1.29, 1.82) is 0 Å². The number of sulfonamides is 1. The van der Waals surface area contributed by atoms with Crippen LogP contribution in [0.2, 0.25) is 0 Å². The number of fused-ring (bicyclic) bond motifs is 1. The Morgan fingerprint density at radius 1 is 0.881 bits per heavy atom. The zero-order chi connectivity index (χ0) is 30.0. The van der Waals surface area contributed by atoms with Crippen LogP contribution in [0.15, 0.2) is 100 Å². The molecule has 5 rings (SSSR count). The Balaban J connectivity index is 1.57. The summed E-state index contributed by atoms with van der Waals surface area (Å²) < 4.78 is 41.5. The summed E-state index contributed by atoms with van der Waals surface area (Å²) in [6, 6.07) is 26.4. The molecule has 0 aliphatic rings. The highest BCUT2D eigenvalue weighted by molar-refractivity contribution is 7.89. The van der Waals surface area contributed by atoms with Crippen molar-refractivity contribution in [1.82, 2.24) is 4.31 Å². The van der Waals surface area contributed by atoms with Crippen LogP contribution in [0.4, 0.5) is 0 Å². The third kappa shape index (κ3) is 5.68. The van der Waals surface area contributed by atoms with Crippen LogP contribution in [0.1, 0.15) is 27.8 Å². The molecule has 0 radical (unpaired) electrons. The number of nitrogens with zero attached hydrogens (tertiary/aromatic N) is 1. The van der Waals surface area contributed by atoms with Crippen LogP contribution in [0.5, 0.6) is 5.75 Å². The normalized spacial score (nSPS) is 12.5. The molecule has 5 aromatic rings. The minimum Gasteiger partial charge on any atom is -0.496 e. The molecule has 0 spiro atoms. The molecule has 1 N–H and O–H groups in total. The third-order valence-electron chi connectivity index (χ3n) is 7.67. The Morgan fingerprint density at radius 2 is 1.55 bits per heavy atom. The lowest BCUT2D eigenvalue weighted by atomic mass is 10.0. The number of aliphatic carboxylic acids is 1. The van der Waals surface area contributed by atoms with Gasteiger partial charge in [-0.1, -0.05) is 72.8 Å². The second kappa shape index (κ2) is 11.8. The van der Waals surface area contributed by atoms with Gasteiger partial charge < -0.3 is 14.3 Å². The van der Waals surface area contributed by atoms with E-state index < -0.39 is 22.0 Å². The maximum atomic E-state index is 14.5. The molecule has 42 heavy (non-hydrogen) atoms. The lowest BCUT2D eigenvalue weighted by molar-refractivity contribution is -0.141. The van der Waals surface area contributed by atoms with E-state index in [1.807, 2.05) is 72.8 Å². The van der Waals surface area contributed by atoms with Gasteiger partial charge >= 0.3 is 5.97 Å². The standard InChI is InChI=1S/C34H33NO6S/c1-22-18-31(40-4)23(2)24(3)33(22)42(38,39)35(29(34(36)37)19-25-10-6-5-7-11-25)21-26-14-16-27(17-15-26)32-20-28-12-8-9-13-30(28)41-32/h5-18,20,29H,19,21H2,1-4H3,(H,36,37)/t29-/m0/s1. The summed E-state index contributed by atoms with van der Waals surface area (Å²) in [5, 5.41) is 11.4. The highest BCUT2D eigenvalue weighted by Gasteiger charge is 2.38. The predicted molar refractivity (Wildman–Crippen MR) is 163 cm³/mol. The predicted octanol–water partition coefficient (Wildman–Crippen LogP) is 6.92. The molecule has 0 aliphatic carbocycles. The highest BCUT2D eigenvalue weighted by atomic mass is 32.2. The Morgan fingerprint density at radius 3 is 2.19 bits per heavy atom. The van der Waals surface area contributed by atoms with Crippen molar-refractivity contribution in [3.05, 3.63) is 119 Å². The van der Waals surface area contributed by atoms with Crippen molar-refractivity contribution < 1.29 is 27.5 Å². The summed E-state index contributed by atoms with van der Waals surface area (Å²) in [6.45, 7) is 5.10. The van der Waals surface area contributed by atoms with E-state index in [0.717, 1.165) is 26.4 Å². The quantitative estimate of drug-likeness (QED) is 0.192. The molecule has 0 fully saturated rings. The van der Waals surface area contributed by atoms with Crippen LogP contribution in [0.25, 0.3) is 22.3 Å². The molecule has 0 unspecified atom stereocenters. The second-order valence-electron chi connectivity index (χ2n) is 10.4. The average molecular weight is 584 g/mol. The first-order chi connectivity index (χ1) is 20.1. The van der Waals surface area contributed by atoms with Crippen LogP contribution < -0.4 is 4.74 Å². The molecule has 1 heterocycles. The first-order valence-electron chi connectivity index (χ1n) is 13.6. The average Bonchev–Trinajstić information content (AvgIpc) is 3.42. The van der Waals surface area contributed by atoms with Gasteiger partial charge in [-0.3, -0.25) is 4.79 Å². The lowest BCUT2D eigenvalue weighted by Crippen LogP contribution is -2.46. The number of carbonyl (C=O) groups is 1. The van der Waals surface area contributed by atoms with E-state index in [2.05, 4.69) is 0 Å². The molecule has 1 atom stereocenters. The number of carboxylic acid groups (broad SMARTS) is 1. The molecule has 8 heteroatoms. The number of carboxylic acids is 1. The van der Waals surface area contributed by atoms with Gasteiger partial charge in [0.1, 0.15) is 23.1 Å². The van der Waals surface area contributed by atoms with Gasteiger partial charge in [-0.05, 0) is 73.2 Å². The van der Waals surface area contributed by atoms with Gasteiger partial charge in [-0.2, -0.15) is 4.31 Å². The largest absolute Gasteiger partial charge is 0.496 e. The number of furan rings is 1. The number of aryl methyl sites for hydroxylation is 1. The summed E-state index contributed by atoms with van der Waals surface area (Å²) in [6.07, 6.45) is 0.0136. The molecular weight excluding hydrogens is 550 g/mol. The molecule has 0 saturated heterocycles. The molecule has 1 aromatic heterocycles. The van der Waals surface area contributed by atoms with Crippen LogP contribution in [0, 0.1) is 20.8 Å². The van der Waals surface area contributed by atoms with E-state index in [-0.39, 0.29) is 17.9 Å². The Labute approximate surface area is 246 Å². The molecule has 216 valence electrons. The van der Waals surface area contributed by atoms with E-state index in [0.29, 0.717) is 33.8 Å². The van der Waals surface area contributed by atoms with Crippen LogP contribution in [0.3, 0.4) is 0 Å². The number of methoxy groups -OCH3 is 1. The zero-order valence-electron chi connectivity index (χ0n) is 24.0. The van der Waals surface area contributed by atoms with E-state index in [4.69, 9.17) is 9.15 Å². The summed E-state index contributed by atoms with van der Waals surface area (Å²) in [5.41, 5.74) is 4.69. The maximum absolute atomic E-state index is 14.5. The summed E-state index contributed by atoms with van der Waals surface area (Å²) >= 11 is 0. The number of benzene rings is 4. The topological polar surface area (TPSA) is 97.1 Å². The highest BCUT2D eigenvalue weighted by Crippen LogP contribution is 2.35. The van der Waals surface area contributed by atoms with E-state index >= 15 is 0 Å². The van der Waals surface area contributed by atoms with Crippen molar-refractivity contribution >= 4 is 27.0 Å². The van der Waals surface area contributed by atoms with Crippen molar-refractivity contribution in [2.24, 2.45) is 0 Å². The number of ether oxygens (including phenoxy) is 1. The Bertz CT molecular complexity index is 1810. The lowest BCUT2D eigenvalue weighted by Gasteiger charge is -2.30. The number of rotatable bonds is 10. The van der Waals surface area contributed by atoms with Crippen LogP contribution in [-0.2, 0) is 27.8 Å². The second-order valence-corrected chi connectivity index (χ2v) is 12.2. The fourth-order valence-electron chi connectivity index (χ4n) is 5.34. The molecule has 7 nitrogen and oxygen atoms in total. The third-order valence-corrected chi connectivity index (χ3v) is 9.82. The fraction of sp³-hybridized carbons (Fsp3) is 0.206. The van der Waals surface area contributed by atoms with Gasteiger partial charge in [0.05, 0.1) is 12.0 Å². The Kier molecular flexibility index (Phi) is 8.20. The minimum absolute atomic E-state index is 0.0136. The van der Waals surface area contributed by atoms with Crippen LogP contribution in [-0.4, -0.2) is 37.0 Å². The molecule has 0 aliphatic heterocycles. The smallest absolute Gasteiger partial charge is 0.322 e. The van der Waals surface area contributed by atoms with E-state index in [9.17, 15) is 18.3 Å². The maximum Gasteiger partial charge on any atom is 0.322 e. The summed E-state index contributed by atoms with van der Waals surface area (Å²) in [7, 11) is -2.73. The fourth-order valence-corrected chi connectivity index (χ4v) is 7.40. The molecular formula is C34H33NO6S.